The molecule has 0 aliphatic heterocycles. The van der Waals surface area contributed by atoms with E-state index in [1.807, 2.05) is 6.07 Å². The number of nitrogens with zero attached hydrogens (tertiary/aromatic N) is 1. The van der Waals surface area contributed by atoms with E-state index in [9.17, 15) is 0 Å². The molecule has 0 amide bonds. The summed E-state index contributed by atoms with van der Waals surface area (Å²) < 4.78 is 0. The van der Waals surface area contributed by atoms with Crippen LogP contribution in [0.2, 0.25) is 5.02 Å². The first-order valence-corrected chi connectivity index (χ1v) is 7.54. The lowest BCUT2D eigenvalue weighted by Crippen LogP contribution is -2.43. The molecule has 0 heterocycles. The molecule has 1 aliphatic rings. The van der Waals surface area contributed by atoms with E-state index in [1.54, 1.807) is 0 Å². The Morgan fingerprint density at radius 2 is 2.11 bits per heavy atom. The van der Waals surface area contributed by atoms with Crippen LogP contribution >= 0.6 is 11.6 Å². The van der Waals surface area contributed by atoms with Crippen molar-refractivity contribution in [3.05, 3.63) is 34.3 Å². The molecular formula is C16H25ClN2. The Labute approximate surface area is 122 Å². The van der Waals surface area contributed by atoms with E-state index in [1.165, 1.54) is 17.5 Å². The molecule has 2 rings (SSSR count). The summed E-state index contributed by atoms with van der Waals surface area (Å²) in [6.45, 7) is 5.66. The number of likely N-dealkylation sites (N-methyl/N-ethyl adjacent to an activating group) is 1. The minimum Gasteiger partial charge on any atom is -0.308 e. The van der Waals surface area contributed by atoms with Gasteiger partial charge in [-0.3, -0.25) is 0 Å². The zero-order valence-corrected chi connectivity index (χ0v) is 13.2. The van der Waals surface area contributed by atoms with Crippen molar-refractivity contribution < 1.29 is 0 Å². The zero-order valence-electron chi connectivity index (χ0n) is 12.4. The average molecular weight is 281 g/mol. The fourth-order valence-electron chi connectivity index (χ4n) is 2.87. The molecule has 1 aromatic carbocycles. The Hall–Kier alpha value is -0.570. The van der Waals surface area contributed by atoms with E-state index in [0.29, 0.717) is 18.0 Å². The quantitative estimate of drug-likeness (QED) is 0.888. The third-order valence-corrected chi connectivity index (χ3v) is 4.20. The number of hydrogen-bond acceptors (Lipinski definition) is 2. The van der Waals surface area contributed by atoms with Crippen molar-refractivity contribution in [2.45, 2.75) is 38.8 Å². The second kappa shape index (κ2) is 6.25. The monoisotopic (exact) mass is 280 g/mol. The molecule has 0 aromatic heterocycles. The average Bonchev–Trinajstić information content (AvgIpc) is 2.70. The molecule has 2 unspecified atom stereocenters. The van der Waals surface area contributed by atoms with Gasteiger partial charge in [-0.2, -0.15) is 0 Å². The van der Waals surface area contributed by atoms with Gasteiger partial charge in [0.25, 0.3) is 0 Å². The minimum atomic E-state index is 0.486. The van der Waals surface area contributed by atoms with Crippen molar-refractivity contribution in [3.63, 3.8) is 0 Å². The Morgan fingerprint density at radius 3 is 2.74 bits per heavy atom. The number of benzene rings is 1. The number of fused-ring (bicyclic) bond motifs is 1. The van der Waals surface area contributed by atoms with Crippen molar-refractivity contribution in [3.8, 4) is 0 Å². The van der Waals surface area contributed by atoms with Gasteiger partial charge in [-0.25, -0.2) is 0 Å². The molecule has 3 heteroatoms. The van der Waals surface area contributed by atoms with Crippen LogP contribution in [-0.2, 0) is 6.42 Å². The molecule has 0 radical (unpaired) electrons. The largest absolute Gasteiger partial charge is 0.308 e. The van der Waals surface area contributed by atoms with Crippen LogP contribution < -0.4 is 5.32 Å². The summed E-state index contributed by atoms with van der Waals surface area (Å²) in [7, 11) is 4.28. The summed E-state index contributed by atoms with van der Waals surface area (Å²) in [5.74, 6) is 0.638. The summed E-state index contributed by atoms with van der Waals surface area (Å²) in [5, 5.41) is 4.69. The van der Waals surface area contributed by atoms with E-state index in [4.69, 9.17) is 11.6 Å². The summed E-state index contributed by atoms with van der Waals surface area (Å²) in [4.78, 5) is 2.26. The highest BCUT2D eigenvalue weighted by Crippen LogP contribution is 2.33. The number of aryl methyl sites for hydroxylation is 1. The molecule has 1 aliphatic carbocycles. The Kier molecular flexibility index (Phi) is 4.88. The van der Waals surface area contributed by atoms with Crippen LogP contribution in [0.25, 0.3) is 0 Å². The van der Waals surface area contributed by atoms with E-state index >= 15 is 0 Å². The molecule has 1 N–H and O–H groups in total. The molecular weight excluding hydrogens is 256 g/mol. The SMILES string of the molecule is CC(C)C(CN(C)C)NC1CCc2cc(Cl)ccc21. The van der Waals surface area contributed by atoms with Crippen LogP contribution in [0.5, 0.6) is 0 Å². The molecule has 0 fully saturated rings. The van der Waals surface area contributed by atoms with Gasteiger partial charge in [0.2, 0.25) is 0 Å². The fourth-order valence-corrected chi connectivity index (χ4v) is 3.06. The summed E-state index contributed by atoms with van der Waals surface area (Å²) in [5.41, 5.74) is 2.85. The second-order valence-corrected chi connectivity index (χ2v) is 6.65. The normalized spacial score (nSPS) is 20.1. The number of halogens is 1. The van der Waals surface area contributed by atoms with Gasteiger partial charge in [-0.05, 0) is 56.1 Å². The number of hydrogen-bond donors (Lipinski definition) is 1. The zero-order chi connectivity index (χ0) is 14.0. The smallest absolute Gasteiger partial charge is 0.0408 e. The highest BCUT2D eigenvalue weighted by molar-refractivity contribution is 6.30. The van der Waals surface area contributed by atoms with Crippen LogP contribution in [0.15, 0.2) is 18.2 Å². The molecule has 19 heavy (non-hydrogen) atoms. The number of nitrogens with one attached hydrogen (secondary N) is 1. The van der Waals surface area contributed by atoms with Gasteiger partial charge in [0, 0.05) is 23.7 Å². The molecule has 0 saturated carbocycles. The van der Waals surface area contributed by atoms with Gasteiger partial charge in [0.1, 0.15) is 0 Å². The molecule has 0 spiro atoms. The van der Waals surface area contributed by atoms with Gasteiger partial charge in [0.05, 0.1) is 0 Å². The van der Waals surface area contributed by atoms with E-state index in [0.717, 1.165) is 18.0 Å². The first-order chi connectivity index (χ1) is 8.97. The number of rotatable bonds is 5. The van der Waals surface area contributed by atoms with Gasteiger partial charge < -0.3 is 10.2 Å². The van der Waals surface area contributed by atoms with E-state index in [2.05, 4.69) is 50.3 Å². The molecule has 2 atom stereocenters. The fraction of sp³-hybridized carbons (Fsp3) is 0.625. The standard InChI is InChI=1S/C16H25ClN2/c1-11(2)16(10-19(3)4)18-15-8-5-12-9-13(17)6-7-14(12)15/h6-7,9,11,15-16,18H,5,8,10H2,1-4H3. The predicted molar refractivity (Wildman–Crippen MR) is 82.8 cm³/mol. The van der Waals surface area contributed by atoms with Gasteiger partial charge in [0.15, 0.2) is 0 Å². The van der Waals surface area contributed by atoms with Gasteiger partial charge in [-0.15, -0.1) is 0 Å². The first kappa shape index (κ1) is 14.8. The lowest BCUT2D eigenvalue weighted by molar-refractivity contribution is 0.268. The summed E-state index contributed by atoms with van der Waals surface area (Å²) in [6.07, 6.45) is 2.33. The highest BCUT2D eigenvalue weighted by Gasteiger charge is 2.26. The van der Waals surface area contributed by atoms with Crippen molar-refractivity contribution in [1.29, 1.82) is 0 Å². The lowest BCUT2D eigenvalue weighted by Gasteiger charge is -2.29. The second-order valence-electron chi connectivity index (χ2n) is 6.21. The van der Waals surface area contributed by atoms with Crippen LogP contribution in [0.3, 0.4) is 0 Å². The Bertz CT molecular complexity index is 429. The molecule has 0 bridgehead atoms. The van der Waals surface area contributed by atoms with E-state index < -0.39 is 0 Å². The van der Waals surface area contributed by atoms with Crippen LogP contribution in [0.4, 0.5) is 0 Å². The maximum atomic E-state index is 6.07. The van der Waals surface area contributed by atoms with Crippen LogP contribution in [0.1, 0.15) is 37.4 Å². The van der Waals surface area contributed by atoms with Gasteiger partial charge >= 0.3 is 0 Å². The summed E-state index contributed by atoms with van der Waals surface area (Å²) in [6, 6.07) is 7.34. The molecule has 2 nitrogen and oxygen atoms in total. The highest BCUT2D eigenvalue weighted by atomic mass is 35.5. The third kappa shape index (κ3) is 3.71. The third-order valence-electron chi connectivity index (χ3n) is 3.96. The lowest BCUT2D eigenvalue weighted by atomic mass is 10.0. The molecule has 0 saturated heterocycles. The molecule has 106 valence electrons. The van der Waals surface area contributed by atoms with Crippen molar-refractivity contribution in [2.24, 2.45) is 5.92 Å². The maximum absolute atomic E-state index is 6.07. The first-order valence-electron chi connectivity index (χ1n) is 7.16. The van der Waals surface area contributed by atoms with Crippen molar-refractivity contribution >= 4 is 11.6 Å². The maximum Gasteiger partial charge on any atom is 0.0408 e. The molecule has 1 aromatic rings. The summed E-state index contributed by atoms with van der Waals surface area (Å²) >= 11 is 6.07. The van der Waals surface area contributed by atoms with Crippen molar-refractivity contribution in [2.75, 3.05) is 20.6 Å². The Morgan fingerprint density at radius 1 is 1.37 bits per heavy atom. The minimum absolute atomic E-state index is 0.486. The Balaban J connectivity index is 2.08. The van der Waals surface area contributed by atoms with Crippen LogP contribution in [0, 0.1) is 5.92 Å². The van der Waals surface area contributed by atoms with Crippen molar-refractivity contribution in [1.82, 2.24) is 10.2 Å². The van der Waals surface area contributed by atoms with E-state index in [-0.39, 0.29) is 0 Å². The topological polar surface area (TPSA) is 15.3 Å². The predicted octanol–water partition coefficient (Wildman–Crippen LogP) is 3.50. The van der Waals surface area contributed by atoms with Crippen LogP contribution in [-0.4, -0.2) is 31.6 Å². The van der Waals surface area contributed by atoms with Gasteiger partial charge in [-0.1, -0.05) is 31.5 Å².